The molecule has 0 aromatic heterocycles. The van der Waals surface area contributed by atoms with Crippen LogP contribution in [0.25, 0.3) is 0 Å². The summed E-state index contributed by atoms with van der Waals surface area (Å²) in [7, 11) is 0. The van der Waals surface area contributed by atoms with Gasteiger partial charge in [-0.05, 0) is 51.7 Å². The minimum absolute atomic E-state index is 0.0357. The van der Waals surface area contributed by atoms with E-state index in [-0.39, 0.29) is 18.4 Å². The molecule has 2 aliphatic heterocycles. The van der Waals surface area contributed by atoms with E-state index >= 15 is 0 Å². The molecule has 3 rings (SSSR count). The van der Waals surface area contributed by atoms with Gasteiger partial charge in [0.1, 0.15) is 0 Å². The minimum atomic E-state index is -0.516. The van der Waals surface area contributed by atoms with Crippen molar-refractivity contribution in [2.24, 2.45) is 4.99 Å². The molecule has 0 aliphatic carbocycles. The lowest BCUT2D eigenvalue weighted by molar-refractivity contribution is -0.143. The van der Waals surface area contributed by atoms with Crippen molar-refractivity contribution in [1.29, 1.82) is 0 Å². The molecule has 1 atom stereocenters. The van der Waals surface area contributed by atoms with Crippen LogP contribution in [-0.4, -0.2) is 46.0 Å². The zero-order chi connectivity index (χ0) is 22.7. The van der Waals surface area contributed by atoms with Gasteiger partial charge in [-0.3, -0.25) is 4.79 Å². The Bertz CT molecular complexity index is 967. The third kappa shape index (κ3) is 4.83. The molecule has 31 heavy (non-hydrogen) atoms. The van der Waals surface area contributed by atoms with Crippen LogP contribution in [0.4, 0.5) is 0 Å². The number of rotatable bonds is 7. The lowest BCUT2D eigenvalue weighted by Crippen LogP contribution is -2.39. The second-order valence-electron chi connectivity index (χ2n) is 7.61. The number of thioether (sulfide) groups is 1. The smallest absolute Gasteiger partial charge is 0.338 e. The van der Waals surface area contributed by atoms with Crippen molar-refractivity contribution in [3.05, 3.63) is 57.2 Å². The number of halogens is 1. The van der Waals surface area contributed by atoms with Gasteiger partial charge in [0.05, 0.1) is 29.8 Å². The third-order valence-electron chi connectivity index (χ3n) is 5.21. The first-order chi connectivity index (χ1) is 14.8. The molecule has 2 aliphatic rings. The molecule has 1 amide bonds. The maximum absolute atomic E-state index is 13.1. The van der Waals surface area contributed by atoms with Gasteiger partial charge >= 0.3 is 5.97 Å². The summed E-state index contributed by atoms with van der Waals surface area (Å²) in [4.78, 5) is 34.4. The molecule has 6 nitrogen and oxygen atoms in total. The molecule has 1 aromatic carbocycles. The van der Waals surface area contributed by atoms with Crippen LogP contribution >= 0.6 is 23.4 Å². The number of carbonyl (C=O) groups excluding carboxylic acids is 2. The normalized spacial score (nSPS) is 18.0. The standard InChI is InChI=1S/C23H28ClN3O3S/c1-6-26(7-2)19(28)12-16-13-31-23-25-15(5)20(22(29)30-14(3)4)21(27(16)23)17-10-8-9-11-18(17)24/h8-11,13-14,21H,6-7,12H2,1-5H3. The monoisotopic (exact) mass is 461 g/mol. The van der Waals surface area contributed by atoms with Crippen LogP contribution in [0.3, 0.4) is 0 Å². The highest BCUT2D eigenvalue weighted by Crippen LogP contribution is 2.46. The Morgan fingerprint density at radius 3 is 2.55 bits per heavy atom. The fourth-order valence-corrected chi connectivity index (χ4v) is 4.95. The SMILES string of the molecule is CCN(CC)C(=O)CC1=CSC2=NC(C)=C(C(=O)OC(C)C)C(c3ccccc3Cl)N12. The number of amidine groups is 1. The van der Waals surface area contributed by atoms with E-state index in [9.17, 15) is 9.59 Å². The van der Waals surface area contributed by atoms with Crippen molar-refractivity contribution in [2.75, 3.05) is 13.1 Å². The molecular weight excluding hydrogens is 434 g/mol. The Hall–Kier alpha value is -2.25. The Labute approximate surface area is 193 Å². The van der Waals surface area contributed by atoms with Crippen LogP contribution in [0, 0.1) is 0 Å². The summed E-state index contributed by atoms with van der Waals surface area (Å²) in [6.07, 6.45) is -0.0440. The molecule has 0 saturated heterocycles. The van der Waals surface area contributed by atoms with Crippen molar-refractivity contribution in [3.63, 3.8) is 0 Å². The van der Waals surface area contributed by atoms with Crippen LogP contribution in [0.15, 0.2) is 51.6 Å². The molecular formula is C23H28ClN3O3S. The van der Waals surface area contributed by atoms with Crippen LogP contribution in [0.1, 0.15) is 52.6 Å². The largest absolute Gasteiger partial charge is 0.459 e. The molecule has 0 bridgehead atoms. The van der Waals surface area contributed by atoms with Gasteiger partial charge in [0.2, 0.25) is 5.91 Å². The summed E-state index contributed by atoms with van der Waals surface area (Å²) in [6, 6.07) is 6.93. The first kappa shape index (κ1) is 23.4. The number of fused-ring (bicyclic) bond motifs is 1. The van der Waals surface area contributed by atoms with Crippen molar-refractivity contribution >= 4 is 40.4 Å². The van der Waals surface area contributed by atoms with Gasteiger partial charge < -0.3 is 14.5 Å². The van der Waals surface area contributed by atoms with Crippen molar-refractivity contribution < 1.29 is 14.3 Å². The van der Waals surface area contributed by atoms with Crippen molar-refractivity contribution in [1.82, 2.24) is 9.80 Å². The van der Waals surface area contributed by atoms with E-state index in [4.69, 9.17) is 16.3 Å². The zero-order valence-electron chi connectivity index (χ0n) is 18.5. The molecule has 1 unspecified atom stereocenters. The third-order valence-corrected chi connectivity index (χ3v) is 6.44. The van der Waals surface area contributed by atoms with Crippen LogP contribution in [0.5, 0.6) is 0 Å². The number of hydrogen-bond acceptors (Lipinski definition) is 6. The fourth-order valence-electron chi connectivity index (χ4n) is 3.74. The maximum Gasteiger partial charge on any atom is 0.338 e. The second-order valence-corrected chi connectivity index (χ2v) is 8.86. The number of hydrogen-bond donors (Lipinski definition) is 0. The molecule has 2 heterocycles. The summed E-state index contributed by atoms with van der Waals surface area (Å²) < 4.78 is 5.55. The van der Waals surface area contributed by atoms with Crippen LogP contribution in [0.2, 0.25) is 5.02 Å². The number of nitrogens with zero attached hydrogens (tertiary/aromatic N) is 3. The molecule has 1 aromatic rings. The first-order valence-electron chi connectivity index (χ1n) is 10.5. The van der Waals surface area contributed by atoms with Gasteiger partial charge in [0.25, 0.3) is 0 Å². The number of amides is 1. The number of carbonyl (C=O) groups is 2. The molecule has 0 N–H and O–H groups in total. The van der Waals surface area contributed by atoms with Gasteiger partial charge in [-0.25, -0.2) is 9.79 Å². The summed E-state index contributed by atoms with van der Waals surface area (Å²) in [5.41, 5.74) is 2.61. The maximum atomic E-state index is 13.1. The Morgan fingerprint density at radius 1 is 1.26 bits per heavy atom. The minimum Gasteiger partial charge on any atom is -0.459 e. The Balaban J connectivity index is 2.06. The lowest BCUT2D eigenvalue weighted by atomic mass is 9.93. The van der Waals surface area contributed by atoms with Gasteiger partial charge in [-0.1, -0.05) is 41.6 Å². The van der Waals surface area contributed by atoms with E-state index < -0.39 is 12.0 Å². The van der Waals surface area contributed by atoms with Crippen molar-refractivity contribution in [3.8, 4) is 0 Å². The summed E-state index contributed by atoms with van der Waals surface area (Å²) >= 11 is 8.03. The number of aliphatic imine (C=N–C) groups is 1. The fraction of sp³-hybridized carbons (Fsp3) is 0.435. The summed E-state index contributed by atoms with van der Waals surface area (Å²) in [6.45, 7) is 10.7. The van der Waals surface area contributed by atoms with Crippen LogP contribution < -0.4 is 0 Å². The van der Waals surface area contributed by atoms with E-state index in [0.717, 1.165) is 16.4 Å². The molecule has 8 heteroatoms. The second kappa shape index (κ2) is 9.92. The Morgan fingerprint density at radius 2 is 1.94 bits per heavy atom. The number of esters is 1. The highest BCUT2D eigenvalue weighted by molar-refractivity contribution is 8.16. The average molecular weight is 462 g/mol. The first-order valence-corrected chi connectivity index (χ1v) is 11.7. The summed E-state index contributed by atoms with van der Waals surface area (Å²) in [5, 5.41) is 3.21. The van der Waals surface area contributed by atoms with Gasteiger partial charge in [0.15, 0.2) is 5.17 Å². The van der Waals surface area contributed by atoms with Gasteiger partial charge in [-0.2, -0.15) is 0 Å². The Kier molecular flexibility index (Phi) is 7.49. The molecule has 166 valence electrons. The van der Waals surface area contributed by atoms with E-state index in [1.807, 2.05) is 63.1 Å². The molecule has 0 radical (unpaired) electrons. The molecule has 0 fully saturated rings. The van der Waals surface area contributed by atoms with Gasteiger partial charge in [-0.15, -0.1) is 0 Å². The van der Waals surface area contributed by atoms with E-state index in [1.165, 1.54) is 11.8 Å². The van der Waals surface area contributed by atoms with Gasteiger partial charge in [0, 0.05) is 23.8 Å². The van der Waals surface area contributed by atoms with E-state index in [2.05, 4.69) is 4.99 Å². The topological polar surface area (TPSA) is 62.2 Å². The number of benzene rings is 1. The molecule has 0 spiro atoms. The zero-order valence-corrected chi connectivity index (χ0v) is 20.1. The number of ether oxygens (including phenoxy) is 1. The predicted octanol–water partition coefficient (Wildman–Crippen LogP) is 5.13. The average Bonchev–Trinajstić information content (AvgIpc) is 3.09. The van der Waals surface area contributed by atoms with E-state index in [0.29, 0.717) is 29.4 Å². The summed E-state index contributed by atoms with van der Waals surface area (Å²) in [5.74, 6) is -0.389. The number of allylic oxidation sites excluding steroid dienone is 1. The highest BCUT2D eigenvalue weighted by Gasteiger charge is 2.42. The predicted molar refractivity (Wildman–Crippen MR) is 126 cm³/mol. The van der Waals surface area contributed by atoms with E-state index in [1.54, 1.807) is 11.0 Å². The molecule has 0 saturated carbocycles. The highest BCUT2D eigenvalue weighted by atomic mass is 35.5. The quantitative estimate of drug-likeness (QED) is 0.527. The lowest BCUT2D eigenvalue weighted by Gasteiger charge is -2.37. The van der Waals surface area contributed by atoms with Crippen LogP contribution in [-0.2, 0) is 14.3 Å². The van der Waals surface area contributed by atoms with Crippen molar-refractivity contribution in [2.45, 2.75) is 53.2 Å².